The number of hydrogen-bond acceptors (Lipinski definition) is 4. The second-order valence-electron chi connectivity index (χ2n) is 5.79. The molecule has 0 aliphatic heterocycles. The predicted octanol–water partition coefficient (Wildman–Crippen LogP) is 3.03. The van der Waals surface area contributed by atoms with Gasteiger partial charge in [0.2, 0.25) is 5.95 Å². The molecule has 0 spiro atoms. The lowest BCUT2D eigenvalue weighted by molar-refractivity contribution is 0.102. The average Bonchev–Trinajstić information content (AvgIpc) is 3.00. The Kier molecular flexibility index (Phi) is 5.40. The Bertz CT molecular complexity index is 839. The van der Waals surface area contributed by atoms with Crippen molar-refractivity contribution in [3.63, 3.8) is 0 Å². The third-order valence-electron chi connectivity index (χ3n) is 4.36. The van der Waals surface area contributed by atoms with E-state index in [1.807, 2.05) is 24.3 Å². The summed E-state index contributed by atoms with van der Waals surface area (Å²) in [6.07, 6.45) is 3.22. The first-order valence-electron chi connectivity index (χ1n) is 8.62. The highest BCUT2D eigenvalue weighted by Gasteiger charge is 2.14. The molecule has 1 N–H and O–H groups in total. The molecule has 0 unspecified atom stereocenters. The minimum Gasteiger partial charge on any atom is -0.309 e. The molecule has 0 saturated heterocycles. The molecule has 130 valence electrons. The molecule has 3 rings (SSSR count). The van der Waals surface area contributed by atoms with Crippen LogP contribution < -0.4 is 5.32 Å². The molecule has 0 radical (unpaired) electrons. The van der Waals surface area contributed by atoms with Gasteiger partial charge in [-0.1, -0.05) is 26.0 Å². The minimum absolute atomic E-state index is 0.179. The van der Waals surface area contributed by atoms with Crippen LogP contribution in [0.2, 0.25) is 0 Å². The maximum Gasteiger partial charge on any atom is 0.258 e. The summed E-state index contributed by atoms with van der Waals surface area (Å²) >= 11 is 0. The smallest absolute Gasteiger partial charge is 0.258 e. The van der Waals surface area contributed by atoms with Crippen LogP contribution in [0.4, 0.5) is 5.95 Å². The van der Waals surface area contributed by atoms with Crippen molar-refractivity contribution >= 4 is 22.9 Å². The zero-order valence-electron chi connectivity index (χ0n) is 14.6. The summed E-state index contributed by atoms with van der Waals surface area (Å²) in [7, 11) is 0. The summed E-state index contributed by atoms with van der Waals surface area (Å²) in [5.74, 6) is 0.400. The predicted molar refractivity (Wildman–Crippen MR) is 99.7 cm³/mol. The van der Waals surface area contributed by atoms with Crippen LogP contribution in [0, 0.1) is 0 Å². The molecule has 6 nitrogen and oxygen atoms in total. The lowest BCUT2D eigenvalue weighted by Crippen LogP contribution is -2.27. The minimum atomic E-state index is -0.179. The van der Waals surface area contributed by atoms with Crippen molar-refractivity contribution in [2.45, 2.75) is 20.4 Å². The molecular formula is C19H23N5O. The third kappa shape index (κ3) is 3.85. The van der Waals surface area contributed by atoms with Crippen LogP contribution in [0.15, 0.2) is 48.8 Å². The van der Waals surface area contributed by atoms with E-state index in [-0.39, 0.29) is 5.91 Å². The number of para-hydroxylation sites is 2. The standard InChI is InChI=1S/C19H23N5O/c1-3-23(4-2)13-14-24-17-8-6-5-7-16(17)21-19(24)22-18(25)15-9-11-20-12-10-15/h5-12H,3-4,13-14H2,1-2H3,(H,21,22,25). The number of nitrogens with zero attached hydrogens (tertiary/aromatic N) is 4. The van der Waals surface area contributed by atoms with Crippen LogP contribution >= 0.6 is 0 Å². The summed E-state index contributed by atoms with van der Waals surface area (Å²) in [6.45, 7) is 7.99. The average molecular weight is 337 g/mol. The fourth-order valence-electron chi connectivity index (χ4n) is 2.86. The van der Waals surface area contributed by atoms with E-state index in [1.54, 1.807) is 24.5 Å². The second kappa shape index (κ2) is 7.90. The number of benzene rings is 1. The number of hydrogen-bond donors (Lipinski definition) is 1. The van der Waals surface area contributed by atoms with E-state index in [0.717, 1.165) is 37.2 Å². The van der Waals surface area contributed by atoms with E-state index in [2.05, 4.69) is 38.6 Å². The Morgan fingerprint density at radius 1 is 1.12 bits per heavy atom. The highest BCUT2D eigenvalue weighted by atomic mass is 16.1. The number of nitrogens with one attached hydrogen (secondary N) is 1. The number of fused-ring (bicyclic) bond motifs is 1. The van der Waals surface area contributed by atoms with Crippen molar-refractivity contribution < 1.29 is 4.79 Å². The molecule has 3 aromatic rings. The molecule has 0 fully saturated rings. The Labute approximate surface area is 147 Å². The van der Waals surface area contributed by atoms with E-state index in [1.165, 1.54) is 0 Å². The Morgan fingerprint density at radius 3 is 2.56 bits per heavy atom. The van der Waals surface area contributed by atoms with E-state index in [4.69, 9.17) is 0 Å². The summed E-state index contributed by atoms with van der Waals surface area (Å²) < 4.78 is 2.08. The quantitative estimate of drug-likeness (QED) is 0.720. The highest BCUT2D eigenvalue weighted by molar-refractivity contribution is 6.04. The molecule has 0 bridgehead atoms. The number of aromatic nitrogens is 3. The number of pyridine rings is 1. The molecule has 1 amide bonds. The fourth-order valence-corrected chi connectivity index (χ4v) is 2.86. The normalized spacial score (nSPS) is 11.2. The summed E-state index contributed by atoms with van der Waals surface area (Å²) in [4.78, 5) is 23.4. The summed E-state index contributed by atoms with van der Waals surface area (Å²) in [5.41, 5.74) is 2.48. The number of carbonyl (C=O) groups excluding carboxylic acids is 1. The van der Waals surface area contributed by atoms with Crippen molar-refractivity contribution in [1.29, 1.82) is 0 Å². The van der Waals surface area contributed by atoms with Crippen LogP contribution in [-0.4, -0.2) is 45.0 Å². The van der Waals surface area contributed by atoms with Crippen LogP contribution in [0.25, 0.3) is 11.0 Å². The van der Waals surface area contributed by atoms with Gasteiger partial charge in [0.25, 0.3) is 5.91 Å². The third-order valence-corrected chi connectivity index (χ3v) is 4.36. The maximum absolute atomic E-state index is 12.5. The molecule has 2 heterocycles. The largest absolute Gasteiger partial charge is 0.309 e. The Balaban J connectivity index is 1.88. The molecule has 6 heteroatoms. The van der Waals surface area contributed by atoms with Crippen molar-refractivity contribution in [1.82, 2.24) is 19.4 Å². The summed E-state index contributed by atoms with van der Waals surface area (Å²) in [5, 5.41) is 2.94. The molecule has 25 heavy (non-hydrogen) atoms. The zero-order valence-corrected chi connectivity index (χ0v) is 14.6. The van der Waals surface area contributed by atoms with Crippen LogP contribution in [0.3, 0.4) is 0 Å². The highest BCUT2D eigenvalue weighted by Crippen LogP contribution is 2.20. The van der Waals surface area contributed by atoms with Crippen LogP contribution in [0.1, 0.15) is 24.2 Å². The lowest BCUT2D eigenvalue weighted by Gasteiger charge is -2.19. The molecule has 0 aliphatic rings. The van der Waals surface area contributed by atoms with Gasteiger partial charge in [-0.05, 0) is 37.4 Å². The maximum atomic E-state index is 12.5. The molecule has 0 saturated carbocycles. The number of imidazole rings is 1. The molecule has 2 aromatic heterocycles. The van der Waals surface area contributed by atoms with E-state index >= 15 is 0 Å². The SMILES string of the molecule is CCN(CC)CCn1c(NC(=O)c2ccncc2)nc2ccccc21. The van der Waals surface area contributed by atoms with Crippen LogP contribution in [-0.2, 0) is 6.54 Å². The number of rotatable bonds is 7. The number of amides is 1. The molecular weight excluding hydrogens is 314 g/mol. The van der Waals surface area contributed by atoms with Gasteiger partial charge in [-0.2, -0.15) is 0 Å². The van der Waals surface area contributed by atoms with Crippen molar-refractivity contribution in [2.75, 3.05) is 25.0 Å². The first-order chi connectivity index (χ1) is 12.2. The van der Waals surface area contributed by atoms with Crippen LogP contribution in [0.5, 0.6) is 0 Å². The molecule has 1 aromatic carbocycles. The van der Waals surface area contributed by atoms with Crippen molar-refractivity contribution in [3.05, 3.63) is 54.4 Å². The first-order valence-corrected chi connectivity index (χ1v) is 8.62. The topological polar surface area (TPSA) is 63.0 Å². The molecule has 0 aliphatic carbocycles. The lowest BCUT2D eigenvalue weighted by atomic mass is 10.2. The van der Waals surface area contributed by atoms with Gasteiger partial charge >= 0.3 is 0 Å². The van der Waals surface area contributed by atoms with Gasteiger partial charge in [0.05, 0.1) is 11.0 Å². The Hall–Kier alpha value is -2.73. The first kappa shape index (κ1) is 17.1. The van der Waals surface area contributed by atoms with E-state index < -0.39 is 0 Å². The van der Waals surface area contributed by atoms with Gasteiger partial charge in [-0.15, -0.1) is 0 Å². The van der Waals surface area contributed by atoms with Gasteiger partial charge in [-0.25, -0.2) is 4.98 Å². The van der Waals surface area contributed by atoms with Gasteiger partial charge in [0.15, 0.2) is 0 Å². The van der Waals surface area contributed by atoms with Crippen molar-refractivity contribution in [2.24, 2.45) is 0 Å². The number of anilines is 1. The number of carbonyl (C=O) groups is 1. The van der Waals surface area contributed by atoms with Gasteiger partial charge in [0.1, 0.15) is 0 Å². The number of likely N-dealkylation sites (N-methyl/N-ethyl adjacent to an activating group) is 1. The monoisotopic (exact) mass is 337 g/mol. The molecule has 0 atom stereocenters. The summed E-state index contributed by atoms with van der Waals surface area (Å²) in [6, 6.07) is 11.3. The van der Waals surface area contributed by atoms with Gasteiger partial charge in [-0.3, -0.25) is 15.1 Å². The fraction of sp³-hybridized carbons (Fsp3) is 0.316. The van der Waals surface area contributed by atoms with Gasteiger partial charge in [0, 0.05) is 31.0 Å². The zero-order chi connectivity index (χ0) is 17.6. The Morgan fingerprint density at radius 2 is 1.84 bits per heavy atom. The van der Waals surface area contributed by atoms with E-state index in [9.17, 15) is 4.79 Å². The second-order valence-corrected chi connectivity index (χ2v) is 5.79. The van der Waals surface area contributed by atoms with Gasteiger partial charge < -0.3 is 9.47 Å². The van der Waals surface area contributed by atoms with E-state index in [0.29, 0.717) is 11.5 Å². The van der Waals surface area contributed by atoms with Crippen molar-refractivity contribution in [3.8, 4) is 0 Å².